The summed E-state index contributed by atoms with van der Waals surface area (Å²) in [6.07, 6.45) is 3.26. The van der Waals surface area contributed by atoms with Gasteiger partial charge in [0.25, 0.3) is 0 Å². The Kier molecular flexibility index (Phi) is 2.31. The molecule has 2 aliphatic carbocycles. The lowest BCUT2D eigenvalue weighted by molar-refractivity contribution is -0.123. The van der Waals surface area contributed by atoms with Gasteiger partial charge < -0.3 is 0 Å². The van der Waals surface area contributed by atoms with Crippen molar-refractivity contribution in [3.63, 3.8) is 0 Å². The van der Waals surface area contributed by atoms with Crippen LogP contribution in [0.15, 0.2) is 24.3 Å². The molecule has 3 aliphatic rings. The maximum atomic E-state index is 12.6. The number of halogens is 1. The Morgan fingerprint density at radius 1 is 1.00 bits per heavy atom. The molecule has 2 saturated carbocycles. The number of carbonyl (C=O) groups is 2. The van der Waals surface area contributed by atoms with Crippen molar-refractivity contribution in [1.29, 1.82) is 0 Å². The van der Waals surface area contributed by atoms with Crippen LogP contribution in [-0.4, -0.2) is 11.8 Å². The fraction of sp³-hybridized carbons (Fsp3) is 0.467. The van der Waals surface area contributed by atoms with Crippen molar-refractivity contribution in [2.75, 3.05) is 4.90 Å². The highest BCUT2D eigenvalue weighted by molar-refractivity contribution is 6.36. The van der Waals surface area contributed by atoms with Gasteiger partial charge in [-0.25, -0.2) is 4.90 Å². The maximum absolute atomic E-state index is 12.6. The number of benzene rings is 1. The van der Waals surface area contributed by atoms with Crippen molar-refractivity contribution in [2.24, 2.45) is 23.7 Å². The second-order valence-corrected chi connectivity index (χ2v) is 6.26. The molecule has 19 heavy (non-hydrogen) atoms. The molecule has 1 aliphatic heterocycles. The van der Waals surface area contributed by atoms with E-state index >= 15 is 0 Å². The number of hydrogen-bond donors (Lipinski definition) is 0. The molecule has 2 bridgehead atoms. The van der Waals surface area contributed by atoms with Gasteiger partial charge >= 0.3 is 0 Å². The second-order valence-electron chi connectivity index (χ2n) is 5.85. The topological polar surface area (TPSA) is 37.4 Å². The van der Waals surface area contributed by atoms with Gasteiger partial charge in [0.1, 0.15) is 0 Å². The second kappa shape index (κ2) is 3.83. The summed E-state index contributed by atoms with van der Waals surface area (Å²) in [6, 6.07) is 7.09. The Labute approximate surface area is 116 Å². The number of imide groups is 1. The van der Waals surface area contributed by atoms with Crippen molar-refractivity contribution in [3.8, 4) is 0 Å². The van der Waals surface area contributed by atoms with Gasteiger partial charge in [-0.05, 0) is 43.2 Å². The van der Waals surface area contributed by atoms with E-state index < -0.39 is 0 Å². The third-order valence-corrected chi connectivity index (χ3v) is 5.34. The Morgan fingerprint density at radius 3 is 2.16 bits per heavy atom. The van der Waals surface area contributed by atoms with Gasteiger partial charge in [0.05, 0.1) is 22.5 Å². The third kappa shape index (κ3) is 1.39. The Balaban J connectivity index is 1.78. The lowest BCUT2D eigenvalue weighted by Crippen LogP contribution is -2.32. The van der Waals surface area contributed by atoms with Crippen LogP contribution in [0.1, 0.15) is 19.3 Å². The fourth-order valence-electron chi connectivity index (χ4n) is 4.28. The first-order valence-corrected chi connectivity index (χ1v) is 7.18. The molecule has 1 aromatic rings. The van der Waals surface area contributed by atoms with Crippen LogP contribution in [0.4, 0.5) is 5.69 Å². The molecule has 0 unspecified atom stereocenters. The van der Waals surface area contributed by atoms with Crippen molar-refractivity contribution >= 4 is 29.1 Å². The van der Waals surface area contributed by atoms with Gasteiger partial charge in [-0.2, -0.15) is 0 Å². The van der Waals surface area contributed by atoms with Crippen molar-refractivity contribution < 1.29 is 9.59 Å². The number of carbonyl (C=O) groups excluding carboxylic acids is 2. The maximum Gasteiger partial charge on any atom is 0.238 e. The SMILES string of the molecule is O=C1[C@@H]2[C@H]3CC[C@@H](C3)[C@H]2C(=O)N1c1ccccc1Cl. The number of anilines is 1. The minimum atomic E-state index is -0.0810. The largest absolute Gasteiger partial charge is 0.274 e. The highest BCUT2D eigenvalue weighted by Gasteiger charge is 2.61. The smallest absolute Gasteiger partial charge is 0.238 e. The minimum absolute atomic E-state index is 0.0321. The van der Waals surface area contributed by atoms with Crippen LogP contribution in [-0.2, 0) is 9.59 Å². The highest BCUT2D eigenvalue weighted by Crippen LogP contribution is 2.56. The van der Waals surface area contributed by atoms with Gasteiger partial charge in [-0.15, -0.1) is 0 Å². The third-order valence-electron chi connectivity index (χ3n) is 5.02. The zero-order chi connectivity index (χ0) is 13.1. The fourth-order valence-corrected chi connectivity index (χ4v) is 4.50. The quantitative estimate of drug-likeness (QED) is 0.739. The van der Waals surface area contributed by atoms with Crippen LogP contribution >= 0.6 is 11.6 Å². The Morgan fingerprint density at radius 2 is 1.58 bits per heavy atom. The van der Waals surface area contributed by atoms with E-state index in [0.29, 0.717) is 22.5 Å². The summed E-state index contributed by atoms with van der Waals surface area (Å²) < 4.78 is 0. The van der Waals surface area contributed by atoms with E-state index in [1.54, 1.807) is 18.2 Å². The molecule has 0 aromatic heterocycles. The monoisotopic (exact) mass is 275 g/mol. The summed E-state index contributed by atoms with van der Waals surface area (Å²) in [7, 11) is 0. The van der Waals surface area contributed by atoms with Gasteiger partial charge in [0.15, 0.2) is 0 Å². The van der Waals surface area contributed by atoms with Crippen molar-refractivity contribution in [3.05, 3.63) is 29.3 Å². The lowest BCUT2D eigenvalue weighted by atomic mass is 9.81. The molecule has 3 nitrogen and oxygen atoms in total. The molecule has 1 aromatic carbocycles. The number of nitrogens with zero attached hydrogens (tertiary/aromatic N) is 1. The van der Waals surface area contributed by atoms with E-state index in [0.717, 1.165) is 19.3 Å². The summed E-state index contributed by atoms with van der Waals surface area (Å²) in [5, 5.41) is 0.469. The van der Waals surface area contributed by atoms with Gasteiger partial charge in [-0.1, -0.05) is 23.7 Å². The summed E-state index contributed by atoms with van der Waals surface area (Å²) in [5.41, 5.74) is 0.549. The molecule has 4 heteroatoms. The first kappa shape index (κ1) is 11.5. The van der Waals surface area contributed by atoms with Crippen LogP contribution in [0.3, 0.4) is 0 Å². The number of para-hydroxylation sites is 1. The van der Waals surface area contributed by atoms with Crippen LogP contribution in [0.5, 0.6) is 0 Å². The summed E-state index contributed by atoms with van der Waals surface area (Å²) >= 11 is 6.13. The molecular formula is C15H14ClNO2. The molecule has 1 saturated heterocycles. The van der Waals surface area contributed by atoms with E-state index in [1.807, 2.05) is 6.07 Å². The Bertz CT molecular complexity index is 557. The number of hydrogen-bond acceptors (Lipinski definition) is 2. The molecule has 98 valence electrons. The zero-order valence-corrected chi connectivity index (χ0v) is 11.1. The molecule has 4 rings (SSSR count). The molecule has 0 N–H and O–H groups in total. The lowest BCUT2D eigenvalue weighted by Gasteiger charge is -2.19. The van der Waals surface area contributed by atoms with E-state index in [-0.39, 0.29) is 23.7 Å². The van der Waals surface area contributed by atoms with Crippen molar-refractivity contribution in [1.82, 2.24) is 0 Å². The van der Waals surface area contributed by atoms with Crippen LogP contribution in [0, 0.1) is 23.7 Å². The van der Waals surface area contributed by atoms with Crippen LogP contribution < -0.4 is 4.90 Å². The van der Waals surface area contributed by atoms with Gasteiger partial charge in [0.2, 0.25) is 11.8 Å². The summed E-state index contributed by atoms with van der Waals surface area (Å²) in [5.74, 6) is 0.605. The summed E-state index contributed by atoms with van der Waals surface area (Å²) in [6.45, 7) is 0. The van der Waals surface area contributed by atoms with Crippen LogP contribution in [0.2, 0.25) is 5.02 Å². The zero-order valence-electron chi connectivity index (χ0n) is 10.4. The van der Waals surface area contributed by atoms with Crippen molar-refractivity contribution in [2.45, 2.75) is 19.3 Å². The normalized spacial score (nSPS) is 36.2. The average Bonchev–Trinajstić information content (AvgIpc) is 3.06. The number of rotatable bonds is 1. The molecule has 2 amide bonds. The molecule has 1 heterocycles. The minimum Gasteiger partial charge on any atom is -0.274 e. The summed E-state index contributed by atoms with van der Waals surface area (Å²) in [4.78, 5) is 26.5. The van der Waals surface area contributed by atoms with E-state index in [4.69, 9.17) is 11.6 Å². The number of amides is 2. The van der Waals surface area contributed by atoms with Crippen LogP contribution in [0.25, 0.3) is 0 Å². The standard InChI is InChI=1S/C15H14ClNO2/c16-10-3-1-2-4-11(10)17-14(18)12-8-5-6-9(7-8)13(12)15(17)19/h1-4,8-9,12-13H,5-7H2/t8-,9-,12+,13+/m0/s1. The molecule has 3 fully saturated rings. The van der Waals surface area contributed by atoms with E-state index in [1.165, 1.54) is 4.90 Å². The molecule has 4 atom stereocenters. The predicted molar refractivity (Wildman–Crippen MR) is 71.8 cm³/mol. The number of fused-ring (bicyclic) bond motifs is 5. The molecule has 0 radical (unpaired) electrons. The predicted octanol–water partition coefficient (Wildman–Crippen LogP) is 2.88. The average molecular weight is 276 g/mol. The first-order valence-electron chi connectivity index (χ1n) is 6.81. The van der Waals surface area contributed by atoms with Gasteiger partial charge in [0, 0.05) is 0 Å². The van der Waals surface area contributed by atoms with Gasteiger partial charge in [-0.3, -0.25) is 9.59 Å². The van der Waals surface area contributed by atoms with E-state index in [9.17, 15) is 9.59 Å². The Hall–Kier alpha value is -1.35. The van der Waals surface area contributed by atoms with E-state index in [2.05, 4.69) is 0 Å². The molecule has 0 spiro atoms. The highest BCUT2D eigenvalue weighted by atomic mass is 35.5. The first-order chi connectivity index (χ1) is 9.18. The molecular weight excluding hydrogens is 262 g/mol.